The zero-order chi connectivity index (χ0) is 17.3. The molecule has 6 nitrogen and oxygen atoms in total. The summed E-state index contributed by atoms with van der Waals surface area (Å²) in [6, 6.07) is 4.80. The van der Waals surface area contributed by atoms with Crippen LogP contribution in [0.25, 0.3) is 11.3 Å². The molecule has 1 aliphatic rings. The van der Waals surface area contributed by atoms with Gasteiger partial charge in [0.25, 0.3) is 5.56 Å². The Kier molecular flexibility index (Phi) is 4.27. The van der Waals surface area contributed by atoms with E-state index in [9.17, 15) is 18.0 Å². The average Bonchev–Trinajstić information content (AvgIpc) is 2.96. The second-order valence-electron chi connectivity index (χ2n) is 5.50. The lowest BCUT2D eigenvalue weighted by molar-refractivity contribution is -0.204. The van der Waals surface area contributed by atoms with E-state index in [4.69, 9.17) is 5.11 Å². The number of aliphatic hydroxyl groups excluding tert-OH is 1. The van der Waals surface area contributed by atoms with E-state index in [1.54, 1.807) is 29.4 Å². The SMILES string of the molecule is O=c1cc(-c2ccncc2)nc2n1CCN2CC[C@@H](O)C(F)(F)F. The summed E-state index contributed by atoms with van der Waals surface area (Å²) in [6.45, 7) is 0.708. The van der Waals surface area contributed by atoms with Crippen molar-refractivity contribution < 1.29 is 18.3 Å². The zero-order valence-corrected chi connectivity index (χ0v) is 12.6. The molecule has 0 bridgehead atoms. The van der Waals surface area contributed by atoms with Gasteiger partial charge in [-0.05, 0) is 18.6 Å². The molecule has 24 heavy (non-hydrogen) atoms. The molecule has 0 amide bonds. The Bertz CT molecular complexity index is 777. The normalized spacial score (nSPS) is 15.4. The average molecular weight is 340 g/mol. The number of aliphatic hydroxyl groups is 1. The molecule has 0 saturated heterocycles. The van der Waals surface area contributed by atoms with Gasteiger partial charge in [0.15, 0.2) is 6.10 Å². The maximum atomic E-state index is 12.4. The quantitative estimate of drug-likeness (QED) is 0.912. The lowest BCUT2D eigenvalue weighted by atomic mass is 10.2. The van der Waals surface area contributed by atoms with Gasteiger partial charge in [-0.2, -0.15) is 13.2 Å². The number of hydrogen-bond acceptors (Lipinski definition) is 5. The molecule has 0 spiro atoms. The summed E-state index contributed by atoms with van der Waals surface area (Å²) in [5, 5.41) is 9.13. The predicted molar refractivity (Wildman–Crippen MR) is 80.6 cm³/mol. The number of alkyl halides is 3. The summed E-state index contributed by atoms with van der Waals surface area (Å²) >= 11 is 0. The second-order valence-corrected chi connectivity index (χ2v) is 5.50. The smallest absolute Gasteiger partial charge is 0.384 e. The number of rotatable bonds is 4. The van der Waals surface area contributed by atoms with Crippen LogP contribution in [0.3, 0.4) is 0 Å². The Labute approximate surface area is 135 Å². The third kappa shape index (κ3) is 3.25. The fourth-order valence-corrected chi connectivity index (χ4v) is 2.59. The molecule has 2 aromatic heterocycles. The van der Waals surface area contributed by atoms with Gasteiger partial charge in [0.05, 0.1) is 5.69 Å². The summed E-state index contributed by atoms with van der Waals surface area (Å²) in [6.07, 6.45) is -4.37. The highest BCUT2D eigenvalue weighted by Crippen LogP contribution is 2.25. The number of nitrogens with zero attached hydrogens (tertiary/aromatic N) is 4. The van der Waals surface area contributed by atoms with Gasteiger partial charge in [0, 0.05) is 43.7 Å². The summed E-state index contributed by atoms with van der Waals surface area (Å²) in [7, 11) is 0. The van der Waals surface area contributed by atoms with Crippen LogP contribution in [0.5, 0.6) is 0 Å². The highest BCUT2D eigenvalue weighted by Gasteiger charge is 2.38. The summed E-state index contributed by atoms with van der Waals surface area (Å²) in [4.78, 5) is 22.1. The number of anilines is 1. The van der Waals surface area contributed by atoms with Crippen LogP contribution < -0.4 is 10.5 Å². The van der Waals surface area contributed by atoms with E-state index in [2.05, 4.69) is 9.97 Å². The Morgan fingerprint density at radius 3 is 2.62 bits per heavy atom. The fraction of sp³-hybridized carbons (Fsp3) is 0.400. The van der Waals surface area contributed by atoms with Crippen molar-refractivity contribution in [2.45, 2.75) is 25.2 Å². The number of pyridine rings is 1. The minimum atomic E-state index is -4.65. The highest BCUT2D eigenvalue weighted by molar-refractivity contribution is 5.59. The number of fused-ring (bicyclic) bond motifs is 1. The Balaban J connectivity index is 1.85. The van der Waals surface area contributed by atoms with E-state index >= 15 is 0 Å². The minimum absolute atomic E-state index is 0.0348. The lowest BCUT2D eigenvalue weighted by Gasteiger charge is -2.20. The van der Waals surface area contributed by atoms with Crippen LogP contribution >= 0.6 is 0 Å². The topological polar surface area (TPSA) is 71.2 Å². The summed E-state index contributed by atoms with van der Waals surface area (Å²) in [5.74, 6) is 0.323. The van der Waals surface area contributed by atoms with Gasteiger partial charge >= 0.3 is 6.18 Å². The number of halogens is 3. The van der Waals surface area contributed by atoms with Gasteiger partial charge in [-0.3, -0.25) is 14.3 Å². The molecule has 9 heteroatoms. The van der Waals surface area contributed by atoms with Crippen molar-refractivity contribution in [1.82, 2.24) is 14.5 Å². The Morgan fingerprint density at radius 2 is 1.96 bits per heavy atom. The molecule has 0 aliphatic carbocycles. The maximum Gasteiger partial charge on any atom is 0.414 e. The maximum absolute atomic E-state index is 12.4. The second kappa shape index (κ2) is 6.23. The third-order valence-electron chi connectivity index (χ3n) is 3.89. The van der Waals surface area contributed by atoms with E-state index in [0.29, 0.717) is 30.3 Å². The molecule has 0 radical (unpaired) electrons. The zero-order valence-electron chi connectivity index (χ0n) is 12.6. The van der Waals surface area contributed by atoms with Gasteiger partial charge in [0.1, 0.15) is 0 Å². The monoisotopic (exact) mass is 340 g/mol. The molecule has 1 N–H and O–H groups in total. The molecule has 0 fully saturated rings. The first-order valence-electron chi connectivity index (χ1n) is 7.38. The van der Waals surface area contributed by atoms with Crippen LogP contribution in [-0.2, 0) is 6.54 Å². The first-order chi connectivity index (χ1) is 11.4. The van der Waals surface area contributed by atoms with Crippen molar-refractivity contribution in [1.29, 1.82) is 0 Å². The molecular formula is C15H15F3N4O2. The molecule has 1 aliphatic heterocycles. The van der Waals surface area contributed by atoms with Crippen LogP contribution in [0.1, 0.15) is 6.42 Å². The van der Waals surface area contributed by atoms with Crippen molar-refractivity contribution in [2.24, 2.45) is 0 Å². The van der Waals surface area contributed by atoms with Crippen LogP contribution in [0, 0.1) is 0 Å². The van der Waals surface area contributed by atoms with Crippen LogP contribution in [0.2, 0.25) is 0 Å². The highest BCUT2D eigenvalue weighted by atomic mass is 19.4. The predicted octanol–water partition coefficient (Wildman–Crippen LogP) is 1.44. The molecule has 0 unspecified atom stereocenters. The van der Waals surface area contributed by atoms with Crippen molar-refractivity contribution >= 4 is 5.95 Å². The van der Waals surface area contributed by atoms with E-state index in [1.165, 1.54) is 10.6 Å². The van der Waals surface area contributed by atoms with Crippen LogP contribution in [0.15, 0.2) is 35.4 Å². The molecule has 3 heterocycles. The van der Waals surface area contributed by atoms with E-state index < -0.39 is 18.7 Å². The van der Waals surface area contributed by atoms with Gasteiger partial charge in [-0.15, -0.1) is 0 Å². The van der Waals surface area contributed by atoms with E-state index in [0.717, 1.165) is 0 Å². The Hall–Kier alpha value is -2.42. The number of hydrogen-bond donors (Lipinski definition) is 1. The van der Waals surface area contributed by atoms with E-state index in [-0.39, 0.29) is 12.1 Å². The van der Waals surface area contributed by atoms with Crippen LogP contribution in [-0.4, -0.2) is 45.0 Å². The lowest BCUT2D eigenvalue weighted by Crippen LogP contribution is -2.34. The first kappa shape index (κ1) is 16.4. The standard InChI is InChI=1S/C15H15F3N4O2/c16-15(17,18)12(23)3-6-21-7-8-22-13(24)9-11(20-14(21)22)10-1-4-19-5-2-10/h1-2,4-5,9,12,23H,3,6-8H2/t12-/m1/s1. The van der Waals surface area contributed by atoms with Gasteiger partial charge < -0.3 is 10.0 Å². The van der Waals surface area contributed by atoms with Gasteiger partial charge in [-0.25, -0.2) is 4.98 Å². The largest absolute Gasteiger partial charge is 0.414 e. The van der Waals surface area contributed by atoms with Gasteiger partial charge in [0.2, 0.25) is 5.95 Å². The number of aromatic nitrogens is 3. The molecule has 2 aromatic rings. The fourth-order valence-electron chi connectivity index (χ4n) is 2.59. The molecule has 1 atom stereocenters. The molecule has 0 aromatic carbocycles. The Morgan fingerprint density at radius 1 is 1.25 bits per heavy atom. The van der Waals surface area contributed by atoms with Gasteiger partial charge in [-0.1, -0.05) is 0 Å². The van der Waals surface area contributed by atoms with Crippen molar-refractivity contribution in [3.05, 3.63) is 40.9 Å². The molecule has 128 valence electrons. The van der Waals surface area contributed by atoms with E-state index in [1.807, 2.05) is 0 Å². The minimum Gasteiger partial charge on any atom is -0.384 e. The molecular weight excluding hydrogens is 325 g/mol. The third-order valence-corrected chi connectivity index (χ3v) is 3.89. The van der Waals surface area contributed by atoms with Crippen molar-refractivity contribution in [2.75, 3.05) is 18.0 Å². The summed E-state index contributed by atoms with van der Waals surface area (Å²) < 4.78 is 38.7. The summed E-state index contributed by atoms with van der Waals surface area (Å²) in [5.41, 5.74) is 0.885. The molecule has 3 rings (SSSR count). The van der Waals surface area contributed by atoms with Crippen LogP contribution in [0.4, 0.5) is 19.1 Å². The first-order valence-corrected chi connectivity index (χ1v) is 7.38. The van der Waals surface area contributed by atoms with Crippen molar-refractivity contribution in [3.8, 4) is 11.3 Å². The molecule has 0 saturated carbocycles. The van der Waals surface area contributed by atoms with Crippen molar-refractivity contribution in [3.63, 3.8) is 0 Å².